The van der Waals surface area contributed by atoms with Crippen molar-refractivity contribution in [3.8, 4) is 5.75 Å². The minimum absolute atomic E-state index is 0.0628. The van der Waals surface area contributed by atoms with E-state index in [-0.39, 0.29) is 22.7 Å². The van der Waals surface area contributed by atoms with Crippen LogP contribution in [0.15, 0.2) is 77.7 Å². The van der Waals surface area contributed by atoms with Gasteiger partial charge in [0.05, 0.1) is 17.2 Å². The summed E-state index contributed by atoms with van der Waals surface area (Å²) < 4.78 is 60.0. The van der Waals surface area contributed by atoms with Gasteiger partial charge in [0, 0.05) is 12.1 Å². The Labute approximate surface area is 185 Å². The maximum absolute atomic E-state index is 13.8. The Morgan fingerprint density at radius 2 is 1.62 bits per heavy atom. The highest BCUT2D eigenvalue weighted by atomic mass is 32.2. The summed E-state index contributed by atoms with van der Waals surface area (Å²) in [6.07, 6.45) is 0. The molecule has 6 nitrogen and oxygen atoms in total. The Balaban J connectivity index is 1.85. The number of carbonyl (C=O) groups is 1. The summed E-state index contributed by atoms with van der Waals surface area (Å²) >= 11 is 0. The van der Waals surface area contributed by atoms with E-state index in [4.69, 9.17) is 4.74 Å². The van der Waals surface area contributed by atoms with Gasteiger partial charge in [0.1, 0.15) is 23.9 Å². The monoisotopic (exact) mass is 460 g/mol. The lowest BCUT2D eigenvalue weighted by molar-refractivity contribution is -0.119. The van der Waals surface area contributed by atoms with Crippen LogP contribution in [0.5, 0.6) is 5.75 Å². The van der Waals surface area contributed by atoms with E-state index in [1.807, 2.05) is 0 Å². The first kappa shape index (κ1) is 23.2. The first-order chi connectivity index (χ1) is 15.3. The zero-order valence-corrected chi connectivity index (χ0v) is 18.1. The van der Waals surface area contributed by atoms with Crippen molar-refractivity contribution >= 4 is 21.6 Å². The van der Waals surface area contributed by atoms with Gasteiger partial charge < -0.3 is 10.1 Å². The highest BCUT2D eigenvalue weighted by Gasteiger charge is 2.27. The molecule has 0 fully saturated rings. The average Bonchev–Trinajstić information content (AvgIpc) is 2.78. The second-order valence-corrected chi connectivity index (χ2v) is 8.62. The topological polar surface area (TPSA) is 75.7 Å². The van der Waals surface area contributed by atoms with Crippen molar-refractivity contribution in [1.82, 2.24) is 5.32 Å². The molecule has 0 saturated carbocycles. The normalized spacial score (nSPS) is 11.1. The van der Waals surface area contributed by atoms with Crippen LogP contribution in [0.25, 0.3) is 0 Å². The lowest BCUT2D eigenvalue weighted by Crippen LogP contribution is -2.40. The number of carbonyl (C=O) groups excluding carboxylic acids is 1. The molecule has 0 aliphatic rings. The molecule has 0 unspecified atom stereocenters. The number of anilines is 1. The third-order valence-corrected chi connectivity index (χ3v) is 6.35. The molecule has 1 amide bonds. The molecule has 0 radical (unpaired) electrons. The average molecular weight is 461 g/mol. The molecule has 168 valence electrons. The van der Waals surface area contributed by atoms with E-state index in [1.54, 1.807) is 13.0 Å². The maximum atomic E-state index is 13.8. The molecular formula is C23H22F2N2O4S. The molecule has 0 atom stereocenters. The van der Waals surface area contributed by atoms with Gasteiger partial charge in [0.2, 0.25) is 5.91 Å². The van der Waals surface area contributed by atoms with Crippen LogP contribution < -0.4 is 14.4 Å². The smallest absolute Gasteiger partial charge is 0.264 e. The summed E-state index contributed by atoms with van der Waals surface area (Å²) in [5.74, 6) is -1.17. The number of ether oxygens (including phenoxy) is 1. The van der Waals surface area contributed by atoms with Crippen LogP contribution in [-0.2, 0) is 21.4 Å². The van der Waals surface area contributed by atoms with Gasteiger partial charge in [-0.15, -0.1) is 0 Å². The zero-order valence-electron chi connectivity index (χ0n) is 17.3. The van der Waals surface area contributed by atoms with Crippen LogP contribution >= 0.6 is 0 Å². The number of sulfonamides is 1. The summed E-state index contributed by atoms with van der Waals surface area (Å²) in [4.78, 5) is 12.5. The molecule has 1 N–H and O–H groups in total. The van der Waals surface area contributed by atoms with Crippen molar-refractivity contribution in [2.45, 2.75) is 18.4 Å². The van der Waals surface area contributed by atoms with E-state index in [1.165, 1.54) is 54.6 Å². The van der Waals surface area contributed by atoms with Gasteiger partial charge in [-0.25, -0.2) is 17.2 Å². The molecule has 32 heavy (non-hydrogen) atoms. The van der Waals surface area contributed by atoms with Crippen LogP contribution in [0.2, 0.25) is 0 Å². The minimum Gasteiger partial charge on any atom is -0.494 e. The third-order valence-electron chi connectivity index (χ3n) is 4.56. The van der Waals surface area contributed by atoms with Gasteiger partial charge in [0.25, 0.3) is 10.0 Å². The van der Waals surface area contributed by atoms with Crippen molar-refractivity contribution < 1.29 is 26.7 Å². The maximum Gasteiger partial charge on any atom is 0.264 e. The number of hydrogen-bond acceptors (Lipinski definition) is 4. The molecule has 0 aliphatic carbocycles. The predicted octanol–water partition coefficient (Wildman–Crippen LogP) is 3.88. The quantitative estimate of drug-likeness (QED) is 0.526. The van der Waals surface area contributed by atoms with Crippen LogP contribution in [0.4, 0.5) is 14.5 Å². The van der Waals surface area contributed by atoms with Crippen molar-refractivity contribution in [3.05, 3.63) is 90.0 Å². The van der Waals surface area contributed by atoms with Gasteiger partial charge in [0.15, 0.2) is 0 Å². The number of benzene rings is 3. The number of nitrogens with one attached hydrogen (secondary N) is 1. The highest BCUT2D eigenvalue weighted by Crippen LogP contribution is 2.25. The van der Waals surface area contributed by atoms with E-state index in [2.05, 4.69) is 5.32 Å². The van der Waals surface area contributed by atoms with Crippen LogP contribution in [0.3, 0.4) is 0 Å². The molecule has 3 rings (SSSR count). The van der Waals surface area contributed by atoms with Gasteiger partial charge in [-0.2, -0.15) is 0 Å². The molecule has 0 saturated heterocycles. The van der Waals surface area contributed by atoms with Crippen molar-refractivity contribution in [3.63, 3.8) is 0 Å². The van der Waals surface area contributed by atoms with E-state index >= 15 is 0 Å². The zero-order chi connectivity index (χ0) is 23.1. The van der Waals surface area contributed by atoms with E-state index in [9.17, 15) is 22.0 Å². The number of amides is 1. The van der Waals surface area contributed by atoms with Crippen molar-refractivity contribution in [2.75, 3.05) is 17.5 Å². The minimum atomic E-state index is -4.16. The lowest BCUT2D eigenvalue weighted by Gasteiger charge is -2.24. The number of hydrogen-bond donors (Lipinski definition) is 1. The van der Waals surface area contributed by atoms with Gasteiger partial charge in [-0.1, -0.05) is 18.2 Å². The summed E-state index contributed by atoms with van der Waals surface area (Å²) in [5, 5.41) is 2.52. The molecule has 0 spiro atoms. The molecule has 3 aromatic rings. The molecule has 0 heterocycles. The number of rotatable bonds is 9. The van der Waals surface area contributed by atoms with Crippen molar-refractivity contribution in [2.24, 2.45) is 0 Å². The predicted molar refractivity (Wildman–Crippen MR) is 117 cm³/mol. The molecule has 3 aromatic carbocycles. The fourth-order valence-corrected chi connectivity index (χ4v) is 4.37. The van der Waals surface area contributed by atoms with E-state index in [0.717, 1.165) is 16.4 Å². The van der Waals surface area contributed by atoms with Gasteiger partial charge >= 0.3 is 0 Å². The van der Waals surface area contributed by atoms with Gasteiger partial charge in [-0.05, 0) is 61.5 Å². The summed E-state index contributed by atoms with van der Waals surface area (Å²) in [5.41, 5.74) is 0.380. The standard InChI is InChI=1S/C23H22F2N2O4S/c1-2-31-20-11-13-21(14-12-20)32(29,30)27(19-9-7-18(24)8-10-19)16-23(28)26-15-17-5-3-4-6-22(17)25/h3-14H,2,15-16H2,1H3,(H,26,28). The Bertz CT molecular complexity index is 1170. The molecule has 0 bridgehead atoms. The Morgan fingerprint density at radius 3 is 2.25 bits per heavy atom. The van der Waals surface area contributed by atoms with E-state index < -0.39 is 34.1 Å². The van der Waals surface area contributed by atoms with Gasteiger partial charge in [-0.3, -0.25) is 9.10 Å². The van der Waals surface area contributed by atoms with E-state index in [0.29, 0.717) is 12.4 Å². The molecule has 9 heteroatoms. The second kappa shape index (κ2) is 10.2. The summed E-state index contributed by atoms with van der Waals surface area (Å²) in [6.45, 7) is 1.55. The Hall–Kier alpha value is -3.46. The number of halogens is 2. The summed E-state index contributed by atoms with van der Waals surface area (Å²) in [7, 11) is -4.16. The Morgan fingerprint density at radius 1 is 0.969 bits per heavy atom. The highest BCUT2D eigenvalue weighted by molar-refractivity contribution is 7.92. The fraction of sp³-hybridized carbons (Fsp3) is 0.174. The van der Waals surface area contributed by atoms with Crippen molar-refractivity contribution in [1.29, 1.82) is 0 Å². The van der Waals surface area contributed by atoms with Crippen LogP contribution in [0, 0.1) is 11.6 Å². The molecular weight excluding hydrogens is 438 g/mol. The molecule has 0 aliphatic heterocycles. The largest absolute Gasteiger partial charge is 0.494 e. The number of nitrogens with zero attached hydrogens (tertiary/aromatic N) is 1. The third kappa shape index (κ3) is 5.61. The summed E-state index contributed by atoms with van der Waals surface area (Å²) in [6, 6.07) is 16.5. The lowest BCUT2D eigenvalue weighted by atomic mass is 10.2. The first-order valence-electron chi connectivity index (χ1n) is 9.82. The Kier molecular flexibility index (Phi) is 7.42. The SMILES string of the molecule is CCOc1ccc(S(=O)(=O)N(CC(=O)NCc2ccccc2F)c2ccc(F)cc2)cc1. The van der Waals surface area contributed by atoms with Crippen LogP contribution in [0.1, 0.15) is 12.5 Å². The first-order valence-corrected chi connectivity index (χ1v) is 11.3. The molecule has 0 aromatic heterocycles. The van der Waals surface area contributed by atoms with Crippen LogP contribution in [-0.4, -0.2) is 27.5 Å². The fourth-order valence-electron chi connectivity index (χ4n) is 2.95. The second-order valence-electron chi connectivity index (χ2n) is 6.76.